The zero-order chi connectivity index (χ0) is 14.3. The van der Waals surface area contributed by atoms with Crippen molar-refractivity contribution in [2.75, 3.05) is 23.4 Å². The fourth-order valence-corrected chi connectivity index (χ4v) is 2.16. The largest absolute Gasteiger partial charge is 0.340 e. The minimum absolute atomic E-state index is 0.285. The predicted molar refractivity (Wildman–Crippen MR) is 70.8 cm³/mol. The van der Waals surface area contributed by atoms with E-state index in [9.17, 15) is 0 Å². The Labute approximate surface area is 106 Å². The normalized spacial score (nSPS) is 17.4. The summed E-state index contributed by atoms with van der Waals surface area (Å²) < 4.78 is 23.0. The average molecular weight is 228 g/mol. The summed E-state index contributed by atoms with van der Waals surface area (Å²) in [6, 6.07) is 11.7. The molecule has 0 aliphatic carbocycles. The summed E-state index contributed by atoms with van der Waals surface area (Å²) >= 11 is 0. The van der Waals surface area contributed by atoms with E-state index in [1.54, 1.807) is 6.20 Å². The third-order valence-electron chi connectivity index (χ3n) is 3.00. The van der Waals surface area contributed by atoms with Gasteiger partial charge in [-0.15, -0.1) is 0 Å². The SMILES string of the molecule is [2H]C([2H])([2H])N1CN(c2ccccc2C)c2cccnc21. The highest BCUT2D eigenvalue weighted by molar-refractivity contribution is 5.80. The second kappa shape index (κ2) is 3.77. The highest BCUT2D eigenvalue weighted by atomic mass is 15.4. The van der Waals surface area contributed by atoms with E-state index in [0.717, 1.165) is 16.9 Å². The van der Waals surface area contributed by atoms with Crippen LogP contribution in [0.2, 0.25) is 0 Å². The molecule has 0 fully saturated rings. The number of rotatable bonds is 1. The van der Waals surface area contributed by atoms with E-state index < -0.39 is 6.98 Å². The Balaban J connectivity index is 2.10. The molecule has 3 nitrogen and oxygen atoms in total. The number of pyridine rings is 1. The number of nitrogens with zero attached hydrogens (tertiary/aromatic N) is 3. The van der Waals surface area contributed by atoms with Crippen molar-refractivity contribution < 1.29 is 4.11 Å². The number of hydrogen-bond donors (Lipinski definition) is 0. The highest BCUT2D eigenvalue weighted by Gasteiger charge is 2.25. The van der Waals surface area contributed by atoms with E-state index in [1.807, 2.05) is 48.2 Å². The molecule has 0 unspecified atom stereocenters. The molecule has 1 aliphatic rings. The van der Waals surface area contributed by atoms with Gasteiger partial charge in [0.05, 0.1) is 12.4 Å². The summed E-state index contributed by atoms with van der Waals surface area (Å²) in [5, 5.41) is 0. The molecule has 2 aromatic rings. The molecule has 1 aromatic heterocycles. The van der Waals surface area contributed by atoms with Crippen LogP contribution in [0.25, 0.3) is 0 Å². The Morgan fingerprint density at radius 3 is 2.82 bits per heavy atom. The number of aromatic nitrogens is 1. The van der Waals surface area contributed by atoms with Crippen LogP contribution in [0.4, 0.5) is 17.2 Å². The number of fused-ring (bicyclic) bond motifs is 1. The van der Waals surface area contributed by atoms with Gasteiger partial charge in [-0.3, -0.25) is 0 Å². The molecular formula is C14H15N3. The van der Waals surface area contributed by atoms with Gasteiger partial charge in [-0.2, -0.15) is 0 Å². The lowest BCUT2D eigenvalue weighted by Gasteiger charge is -2.21. The second-order valence-electron chi connectivity index (χ2n) is 4.13. The molecular weight excluding hydrogens is 210 g/mol. The van der Waals surface area contributed by atoms with E-state index in [1.165, 1.54) is 4.90 Å². The molecule has 0 bridgehead atoms. The van der Waals surface area contributed by atoms with Crippen LogP contribution in [-0.2, 0) is 0 Å². The average Bonchev–Trinajstić information content (AvgIpc) is 2.79. The Morgan fingerprint density at radius 2 is 2.00 bits per heavy atom. The van der Waals surface area contributed by atoms with Gasteiger partial charge in [0.1, 0.15) is 0 Å². The van der Waals surface area contributed by atoms with Crippen molar-refractivity contribution in [1.29, 1.82) is 0 Å². The Morgan fingerprint density at radius 1 is 1.18 bits per heavy atom. The van der Waals surface area contributed by atoms with E-state index in [0.29, 0.717) is 5.82 Å². The van der Waals surface area contributed by atoms with Crippen LogP contribution in [0.5, 0.6) is 0 Å². The monoisotopic (exact) mass is 228 g/mol. The molecule has 3 heteroatoms. The number of hydrogen-bond acceptors (Lipinski definition) is 3. The second-order valence-corrected chi connectivity index (χ2v) is 4.13. The smallest absolute Gasteiger partial charge is 0.153 e. The first kappa shape index (κ1) is 7.33. The molecule has 0 saturated carbocycles. The van der Waals surface area contributed by atoms with Crippen LogP contribution in [-0.4, -0.2) is 18.6 Å². The fourth-order valence-electron chi connectivity index (χ4n) is 2.16. The summed E-state index contributed by atoms with van der Waals surface area (Å²) in [5.74, 6) is 0.510. The quantitative estimate of drug-likeness (QED) is 0.748. The van der Waals surface area contributed by atoms with E-state index >= 15 is 0 Å². The maximum atomic E-state index is 7.66. The van der Waals surface area contributed by atoms with Crippen LogP contribution in [0, 0.1) is 6.92 Å². The third kappa shape index (κ3) is 1.55. The van der Waals surface area contributed by atoms with Crippen LogP contribution in [0.1, 0.15) is 9.68 Å². The zero-order valence-corrected chi connectivity index (χ0v) is 9.59. The molecule has 0 radical (unpaired) electrons. The van der Waals surface area contributed by atoms with Gasteiger partial charge in [-0.05, 0) is 30.7 Å². The molecule has 0 N–H and O–H groups in total. The van der Waals surface area contributed by atoms with E-state index in [-0.39, 0.29) is 6.67 Å². The van der Waals surface area contributed by atoms with Gasteiger partial charge in [0.25, 0.3) is 0 Å². The lowest BCUT2D eigenvalue weighted by atomic mass is 10.2. The first-order valence-corrected chi connectivity index (χ1v) is 5.54. The minimum atomic E-state index is -2.19. The van der Waals surface area contributed by atoms with Gasteiger partial charge in [-0.1, -0.05) is 18.2 Å². The number of benzene rings is 1. The van der Waals surface area contributed by atoms with Gasteiger partial charge < -0.3 is 9.80 Å². The first-order valence-electron chi connectivity index (χ1n) is 7.04. The van der Waals surface area contributed by atoms with Crippen LogP contribution < -0.4 is 9.80 Å². The van der Waals surface area contributed by atoms with Crippen molar-refractivity contribution in [3.8, 4) is 0 Å². The minimum Gasteiger partial charge on any atom is -0.340 e. The molecule has 1 aliphatic heterocycles. The van der Waals surface area contributed by atoms with E-state index in [2.05, 4.69) is 4.98 Å². The number of aryl methyl sites for hydroxylation is 1. The lowest BCUT2D eigenvalue weighted by molar-refractivity contribution is 0.935. The first-order chi connectivity index (χ1) is 9.48. The molecule has 2 heterocycles. The molecule has 17 heavy (non-hydrogen) atoms. The predicted octanol–water partition coefficient (Wildman–Crippen LogP) is 2.94. The topological polar surface area (TPSA) is 19.4 Å². The molecule has 0 atom stereocenters. The Bertz CT molecular complexity index is 640. The van der Waals surface area contributed by atoms with Crippen molar-refractivity contribution in [3.05, 3.63) is 48.2 Å². The van der Waals surface area contributed by atoms with E-state index in [4.69, 9.17) is 4.11 Å². The van der Waals surface area contributed by atoms with Crippen molar-refractivity contribution in [3.63, 3.8) is 0 Å². The maximum absolute atomic E-state index is 7.66. The third-order valence-corrected chi connectivity index (χ3v) is 3.00. The number of anilines is 3. The Hall–Kier alpha value is -2.03. The zero-order valence-electron chi connectivity index (χ0n) is 12.6. The van der Waals surface area contributed by atoms with Crippen LogP contribution in [0.3, 0.4) is 0 Å². The lowest BCUT2D eigenvalue weighted by Crippen LogP contribution is -2.24. The molecule has 3 rings (SSSR count). The van der Waals surface area contributed by atoms with Gasteiger partial charge in [-0.25, -0.2) is 4.98 Å². The molecule has 0 amide bonds. The summed E-state index contributed by atoms with van der Waals surface area (Å²) in [7, 11) is 0. The van der Waals surface area contributed by atoms with Crippen LogP contribution >= 0.6 is 0 Å². The van der Waals surface area contributed by atoms with Crippen LogP contribution in [0.15, 0.2) is 42.6 Å². The summed E-state index contributed by atoms with van der Waals surface area (Å²) in [4.78, 5) is 7.58. The van der Waals surface area contributed by atoms with Crippen molar-refractivity contribution in [2.24, 2.45) is 0 Å². The van der Waals surface area contributed by atoms with Gasteiger partial charge >= 0.3 is 0 Å². The summed E-state index contributed by atoms with van der Waals surface area (Å²) in [6.45, 7) is 0.109. The van der Waals surface area contributed by atoms with Crippen molar-refractivity contribution in [1.82, 2.24) is 4.98 Å². The number of para-hydroxylation sites is 1. The van der Waals surface area contributed by atoms with Crippen molar-refractivity contribution >= 4 is 17.2 Å². The van der Waals surface area contributed by atoms with Crippen molar-refractivity contribution in [2.45, 2.75) is 6.92 Å². The molecule has 86 valence electrons. The van der Waals surface area contributed by atoms with Gasteiger partial charge in [0.15, 0.2) is 5.82 Å². The summed E-state index contributed by atoms with van der Waals surface area (Å²) in [6.07, 6.45) is 1.62. The maximum Gasteiger partial charge on any atom is 0.153 e. The highest BCUT2D eigenvalue weighted by Crippen LogP contribution is 2.38. The van der Waals surface area contributed by atoms with Gasteiger partial charge in [0.2, 0.25) is 0 Å². The molecule has 0 spiro atoms. The molecule has 0 saturated heterocycles. The fraction of sp³-hybridized carbons (Fsp3) is 0.214. The van der Waals surface area contributed by atoms with Gasteiger partial charge in [0, 0.05) is 23.0 Å². The summed E-state index contributed by atoms with van der Waals surface area (Å²) in [5.41, 5.74) is 2.95. The standard InChI is InChI=1S/C14H15N3/c1-11-6-3-4-7-12(11)17-10-16(2)14-13(17)8-5-9-15-14/h3-9H,10H2,1-2H3/i2D3. The molecule has 1 aromatic carbocycles. The Kier molecular flexibility index (Phi) is 1.62.